The molecule has 6 nitrogen and oxygen atoms in total. The van der Waals surface area contributed by atoms with E-state index in [-0.39, 0.29) is 5.78 Å². The number of methoxy groups -OCH3 is 1. The third kappa shape index (κ3) is 3.39. The minimum Gasteiger partial charge on any atom is -0.486 e. The number of esters is 1. The molecule has 2 aliphatic rings. The van der Waals surface area contributed by atoms with Crippen molar-refractivity contribution in [1.82, 2.24) is 4.98 Å². The molecule has 0 saturated carbocycles. The lowest BCUT2D eigenvalue weighted by Crippen LogP contribution is -2.42. The van der Waals surface area contributed by atoms with E-state index in [1.165, 1.54) is 7.11 Å². The summed E-state index contributed by atoms with van der Waals surface area (Å²) in [6, 6.07) is 11.1. The van der Waals surface area contributed by atoms with Gasteiger partial charge in [-0.1, -0.05) is 12.1 Å². The number of nitrogens with zero attached hydrogens (tertiary/aromatic N) is 2. The Kier molecular flexibility index (Phi) is 4.56. The largest absolute Gasteiger partial charge is 0.486 e. The molecular formula is C21H22N2O4. The number of pyridine rings is 1. The zero-order valence-corrected chi connectivity index (χ0v) is 15.3. The number of aromatic nitrogens is 1. The van der Waals surface area contributed by atoms with Crippen LogP contribution >= 0.6 is 0 Å². The normalized spacial score (nSPS) is 22.0. The lowest BCUT2D eigenvalue weighted by Gasteiger charge is -2.37. The van der Waals surface area contributed by atoms with Crippen molar-refractivity contribution in [2.24, 2.45) is 0 Å². The quantitative estimate of drug-likeness (QED) is 0.760. The van der Waals surface area contributed by atoms with Crippen molar-refractivity contribution in [1.29, 1.82) is 0 Å². The first-order valence-electron chi connectivity index (χ1n) is 9.21. The number of hydrogen-bond acceptors (Lipinski definition) is 6. The van der Waals surface area contributed by atoms with Crippen molar-refractivity contribution in [3.05, 3.63) is 53.7 Å². The first kappa shape index (κ1) is 17.5. The second-order valence-corrected chi connectivity index (χ2v) is 7.12. The third-order valence-corrected chi connectivity index (χ3v) is 5.39. The van der Waals surface area contributed by atoms with Crippen molar-refractivity contribution in [3.63, 3.8) is 0 Å². The van der Waals surface area contributed by atoms with Gasteiger partial charge in [0.1, 0.15) is 17.2 Å². The van der Waals surface area contributed by atoms with Gasteiger partial charge in [-0.25, -0.2) is 9.78 Å². The molecule has 1 atom stereocenters. The van der Waals surface area contributed by atoms with Crippen LogP contribution in [0.5, 0.6) is 5.75 Å². The summed E-state index contributed by atoms with van der Waals surface area (Å²) in [5.74, 6) is 1.28. The lowest BCUT2D eigenvalue weighted by atomic mass is 9.84. The monoisotopic (exact) mass is 366 g/mol. The molecule has 3 heterocycles. The highest BCUT2D eigenvalue weighted by atomic mass is 16.5. The molecule has 4 rings (SSSR count). The average molecular weight is 366 g/mol. The maximum Gasteiger partial charge on any atom is 0.339 e. The number of hydrogen-bond donors (Lipinski definition) is 0. The van der Waals surface area contributed by atoms with Crippen LogP contribution in [0.3, 0.4) is 0 Å². The van der Waals surface area contributed by atoms with Crippen LogP contribution in [0, 0.1) is 0 Å². The van der Waals surface area contributed by atoms with Gasteiger partial charge >= 0.3 is 5.97 Å². The minimum absolute atomic E-state index is 0.158. The molecule has 2 aliphatic heterocycles. The summed E-state index contributed by atoms with van der Waals surface area (Å²) in [7, 11) is 1.36. The van der Waals surface area contributed by atoms with Gasteiger partial charge in [-0.15, -0.1) is 0 Å². The van der Waals surface area contributed by atoms with Crippen LogP contribution in [0.1, 0.15) is 46.4 Å². The Labute approximate surface area is 158 Å². The Hall–Kier alpha value is -2.89. The minimum atomic E-state index is -0.438. The van der Waals surface area contributed by atoms with Gasteiger partial charge in [0, 0.05) is 25.7 Å². The van der Waals surface area contributed by atoms with Gasteiger partial charge in [-0.05, 0) is 37.1 Å². The summed E-state index contributed by atoms with van der Waals surface area (Å²) in [5.41, 5.74) is 0.682. The molecule has 140 valence electrons. The summed E-state index contributed by atoms with van der Waals surface area (Å²) < 4.78 is 11.0. The second kappa shape index (κ2) is 7.02. The fourth-order valence-corrected chi connectivity index (χ4v) is 3.93. The van der Waals surface area contributed by atoms with E-state index >= 15 is 0 Å². The molecule has 27 heavy (non-hydrogen) atoms. The smallest absolute Gasteiger partial charge is 0.339 e. The van der Waals surface area contributed by atoms with Gasteiger partial charge < -0.3 is 14.4 Å². The van der Waals surface area contributed by atoms with Crippen molar-refractivity contribution in [2.45, 2.75) is 31.3 Å². The maximum absolute atomic E-state index is 12.6. The van der Waals surface area contributed by atoms with Gasteiger partial charge in [0.2, 0.25) is 0 Å². The van der Waals surface area contributed by atoms with E-state index in [1.807, 2.05) is 30.3 Å². The molecule has 1 fully saturated rings. The third-order valence-electron chi connectivity index (χ3n) is 5.39. The maximum atomic E-state index is 12.6. The van der Waals surface area contributed by atoms with Crippen LogP contribution in [0.15, 0.2) is 42.6 Å². The van der Waals surface area contributed by atoms with Crippen LogP contribution < -0.4 is 9.64 Å². The molecule has 1 aromatic carbocycles. The van der Waals surface area contributed by atoms with E-state index in [9.17, 15) is 9.59 Å². The molecule has 2 aromatic rings. The highest BCUT2D eigenvalue weighted by Crippen LogP contribution is 2.39. The van der Waals surface area contributed by atoms with Crippen LogP contribution in [0.2, 0.25) is 0 Å². The molecule has 0 bridgehead atoms. The topological polar surface area (TPSA) is 68.7 Å². The summed E-state index contributed by atoms with van der Waals surface area (Å²) in [4.78, 5) is 30.8. The first-order valence-corrected chi connectivity index (χ1v) is 9.21. The van der Waals surface area contributed by atoms with Crippen molar-refractivity contribution in [3.8, 4) is 5.75 Å². The molecule has 1 saturated heterocycles. The van der Waals surface area contributed by atoms with E-state index in [1.54, 1.807) is 12.3 Å². The van der Waals surface area contributed by atoms with Crippen LogP contribution in [0.25, 0.3) is 0 Å². The fourth-order valence-electron chi connectivity index (χ4n) is 3.93. The number of benzene rings is 1. The van der Waals surface area contributed by atoms with Gasteiger partial charge in [-0.3, -0.25) is 4.79 Å². The number of carbonyl (C=O) groups excluding carboxylic acids is 2. The van der Waals surface area contributed by atoms with Crippen molar-refractivity contribution < 1.29 is 19.1 Å². The van der Waals surface area contributed by atoms with Crippen LogP contribution in [0.4, 0.5) is 5.82 Å². The summed E-state index contributed by atoms with van der Waals surface area (Å²) in [6.07, 6.45) is 4.47. The summed E-state index contributed by atoms with van der Waals surface area (Å²) in [5, 5.41) is 0. The first-order chi connectivity index (χ1) is 13.1. The van der Waals surface area contributed by atoms with E-state index in [0.717, 1.165) is 38.2 Å². The predicted octanol–water partition coefficient (Wildman–Crippen LogP) is 3.26. The van der Waals surface area contributed by atoms with Gasteiger partial charge in [0.25, 0.3) is 0 Å². The molecule has 0 N–H and O–H groups in total. The summed E-state index contributed by atoms with van der Waals surface area (Å²) in [6.45, 7) is 1.59. The summed E-state index contributed by atoms with van der Waals surface area (Å²) >= 11 is 0. The van der Waals surface area contributed by atoms with Gasteiger partial charge in [0.05, 0.1) is 24.7 Å². The van der Waals surface area contributed by atoms with E-state index in [4.69, 9.17) is 9.47 Å². The van der Waals surface area contributed by atoms with E-state index in [0.29, 0.717) is 23.3 Å². The number of carbonyl (C=O) groups is 2. The lowest BCUT2D eigenvalue weighted by molar-refractivity contribution is 0.0323. The average Bonchev–Trinajstić information content (AvgIpc) is 2.90. The molecule has 0 amide bonds. The van der Waals surface area contributed by atoms with E-state index in [2.05, 4.69) is 9.88 Å². The Morgan fingerprint density at radius 1 is 1.19 bits per heavy atom. The molecule has 1 unspecified atom stereocenters. The number of para-hydroxylation sites is 1. The fraction of sp³-hybridized carbons (Fsp3) is 0.381. The van der Waals surface area contributed by atoms with Gasteiger partial charge in [-0.2, -0.15) is 0 Å². The Morgan fingerprint density at radius 3 is 2.81 bits per heavy atom. The Balaban J connectivity index is 1.50. The molecule has 6 heteroatoms. The second-order valence-electron chi connectivity index (χ2n) is 7.12. The van der Waals surface area contributed by atoms with Crippen LogP contribution in [-0.4, -0.2) is 42.5 Å². The zero-order chi connectivity index (χ0) is 18.9. The Bertz CT molecular complexity index is 865. The standard InChI is InChI=1S/C21H22N2O4/c1-26-20(25)15-7-8-19(22-14-15)23-11-4-9-21(10-12-23)13-17(24)16-5-2-3-6-18(16)27-21/h2-3,5-8,14H,4,9-13H2,1H3. The number of fused-ring (bicyclic) bond motifs is 1. The molecular weight excluding hydrogens is 344 g/mol. The predicted molar refractivity (Wildman–Crippen MR) is 100 cm³/mol. The SMILES string of the molecule is COC(=O)c1ccc(N2CCCC3(CC2)CC(=O)c2ccccc2O3)nc1. The number of rotatable bonds is 2. The Morgan fingerprint density at radius 2 is 2.04 bits per heavy atom. The van der Waals surface area contributed by atoms with Crippen LogP contribution in [-0.2, 0) is 4.74 Å². The molecule has 0 radical (unpaired) electrons. The highest BCUT2D eigenvalue weighted by Gasteiger charge is 2.41. The molecule has 1 spiro atoms. The van der Waals surface area contributed by atoms with Gasteiger partial charge in [0.15, 0.2) is 5.78 Å². The number of ether oxygens (including phenoxy) is 2. The number of ketones is 1. The number of Topliss-reactive ketones (excluding diaryl/α,β-unsaturated/α-hetero) is 1. The zero-order valence-electron chi connectivity index (χ0n) is 15.3. The van der Waals surface area contributed by atoms with Crippen molar-refractivity contribution in [2.75, 3.05) is 25.1 Å². The number of anilines is 1. The molecule has 0 aliphatic carbocycles. The van der Waals surface area contributed by atoms with Crippen molar-refractivity contribution >= 4 is 17.6 Å². The molecule has 1 aromatic heterocycles. The van der Waals surface area contributed by atoms with E-state index < -0.39 is 11.6 Å². The highest BCUT2D eigenvalue weighted by molar-refractivity contribution is 6.00.